The van der Waals surface area contributed by atoms with Gasteiger partial charge in [-0.25, -0.2) is 0 Å². The van der Waals surface area contributed by atoms with Crippen LogP contribution in [0.4, 0.5) is 0 Å². The highest BCUT2D eigenvalue weighted by Crippen LogP contribution is 2.24. The number of hydrogen-bond acceptors (Lipinski definition) is 3. The number of methoxy groups -OCH3 is 1. The molecular formula is C15H25NOS. The fraction of sp³-hybridized carbons (Fsp3) is 0.600. The van der Waals surface area contributed by atoms with E-state index in [1.807, 2.05) is 24.9 Å². The van der Waals surface area contributed by atoms with E-state index in [9.17, 15) is 0 Å². The Morgan fingerprint density at radius 2 is 2.06 bits per heavy atom. The number of likely N-dealkylation sites (N-methyl/N-ethyl adjacent to an activating group) is 1. The monoisotopic (exact) mass is 267 g/mol. The SMILES string of the molecule is CNC(CSC(C)(C)C)Cc1cccc(OC)c1. The summed E-state index contributed by atoms with van der Waals surface area (Å²) in [6, 6.07) is 8.82. The van der Waals surface area contributed by atoms with E-state index in [0.29, 0.717) is 10.8 Å². The predicted molar refractivity (Wildman–Crippen MR) is 81.8 cm³/mol. The molecule has 0 spiro atoms. The molecule has 0 heterocycles. The first-order chi connectivity index (χ1) is 8.44. The van der Waals surface area contributed by atoms with E-state index in [-0.39, 0.29) is 0 Å². The van der Waals surface area contributed by atoms with Crippen LogP contribution in [-0.2, 0) is 6.42 Å². The van der Waals surface area contributed by atoms with Crippen molar-refractivity contribution in [3.05, 3.63) is 29.8 Å². The summed E-state index contributed by atoms with van der Waals surface area (Å²) >= 11 is 2.00. The van der Waals surface area contributed by atoms with E-state index in [2.05, 4.69) is 44.3 Å². The van der Waals surface area contributed by atoms with Gasteiger partial charge in [0.1, 0.15) is 5.75 Å². The van der Waals surface area contributed by atoms with Gasteiger partial charge in [-0.2, -0.15) is 11.8 Å². The minimum atomic E-state index is 0.323. The average Bonchev–Trinajstić information content (AvgIpc) is 2.33. The Kier molecular flexibility index (Phi) is 6.03. The molecule has 1 rings (SSSR count). The van der Waals surface area contributed by atoms with Gasteiger partial charge in [-0.15, -0.1) is 0 Å². The quantitative estimate of drug-likeness (QED) is 0.854. The summed E-state index contributed by atoms with van der Waals surface area (Å²) in [6.07, 6.45) is 1.04. The van der Waals surface area contributed by atoms with Crippen molar-refractivity contribution in [2.45, 2.75) is 38.0 Å². The number of rotatable bonds is 6. The Bertz CT molecular complexity index is 360. The largest absolute Gasteiger partial charge is 0.497 e. The summed E-state index contributed by atoms with van der Waals surface area (Å²) in [7, 11) is 3.75. The van der Waals surface area contributed by atoms with Gasteiger partial charge >= 0.3 is 0 Å². The smallest absolute Gasteiger partial charge is 0.119 e. The van der Waals surface area contributed by atoms with Gasteiger partial charge in [0.15, 0.2) is 0 Å². The third kappa shape index (κ3) is 5.78. The molecule has 0 bridgehead atoms. The van der Waals surface area contributed by atoms with Crippen molar-refractivity contribution in [2.75, 3.05) is 19.9 Å². The molecule has 0 amide bonds. The molecule has 1 aromatic carbocycles. The molecular weight excluding hydrogens is 242 g/mol. The number of ether oxygens (including phenoxy) is 1. The highest BCUT2D eigenvalue weighted by atomic mass is 32.2. The maximum atomic E-state index is 5.26. The van der Waals surface area contributed by atoms with E-state index in [1.54, 1.807) is 7.11 Å². The van der Waals surface area contributed by atoms with Crippen molar-refractivity contribution in [3.8, 4) is 5.75 Å². The van der Waals surface area contributed by atoms with Gasteiger partial charge in [0.05, 0.1) is 7.11 Å². The number of benzene rings is 1. The molecule has 0 aliphatic heterocycles. The Morgan fingerprint density at radius 3 is 2.61 bits per heavy atom. The van der Waals surface area contributed by atoms with E-state index in [0.717, 1.165) is 17.9 Å². The standard InChI is InChI=1S/C15H25NOS/c1-15(2,3)18-11-13(16-4)9-12-7-6-8-14(10-12)17-5/h6-8,10,13,16H,9,11H2,1-5H3. The zero-order valence-corrected chi connectivity index (χ0v) is 12.9. The van der Waals surface area contributed by atoms with Crippen LogP contribution >= 0.6 is 11.8 Å². The first kappa shape index (κ1) is 15.4. The van der Waals surface area contributed by atoms with Crippen molar-refractivity contribution in [1.82, 2.24) is 5.32 Å². The molecule has 1 unspecified atom stereocenters. The van der Waals surface area contributed by atoms with Crippen molar-refractivity contribution in [2.24, 2.45) is 0 Å². The third-order valence-corrected chi connectivity index (χ3v) is 4.18. The molecule has 0 saturated carbocycles. The fourth-order valence-corrected chi connectivity index (χ4v) is 2.66. The van der Waals surface area contributed by atoms with Crippen LogP contribution in [0.15, 0.2) is 24.3 Å². The Morgan fingerprint density at radius 1 is 1.33 bits per heavy atom. The van der Waals surface area contributed by atoms with Crippen molar-refractivity contribution < 1.29 is 4.74 Å². The number of hydrogen-bond donors (Lipinski definition) is 1. The van der Waals surface area contributed by atoms with Crippen LogP contribution in [0, 0.1) is 0 Å². The molecule has 1 aromatic rings. The van der Waals surface area contributed by atoms with E-state index in [1.165, 1.54) is 5.56 Å². The van der Waals surface area contributed by atoms with E-state index in [4.69, 9.17) is 4.74 Å². The van der Waals surface area contributed by atoms with Crippen LogP contribution in [-0.4, -0.2) is 30.7 Å². The first-order valence-electron chi connectivity index (χ1n) is 6.39. The first-order valence-corrected chi connectivity index (χ1v) is 7.37. The maximum absolute atomic E-state index is 5.26. The van der Waals surface area contributed by atoms with Gasteiger partial charge in [-0.1, -0.05) is 32.9 Å². The minimum Gasteiger partial charge on any atom is -0.497 e. The highest BCUT2D eigenvalue weighted by molar-refractivity contribution is 8.00. The molecule has 0 aromatic heterocycles. The normalized spacial score (nSPS) is 13.4. The van der Waals surface area contributed by atoms with Crippen LogP contribution in [0.25, 0.3) is 0 Å². The van der Waals surface area contributed by atoms with Gasteiger partial charge in [-0.3, -0.25) is 0 Å². The van der Waals surface area contributed by atoms with Crippen LogP contribution in [0.1, 0.15) is 26.3 Å². The topological polar surface area (TPSA) is 21.3 Å². The zero-order chi connectivity index (χ0) is 13.6. The van der Waals surface area contributed by atoms with Crippen LogP contribution in [0.5, 0.6) is 5.75 Å². The van der Waals surface area contributed by atoms with Gasteiger partial charge in [0.2, 0.25) is 0 Å². The molecule has 0 fully saturated rings. The lowest BCUT2D eigenvalue weighted by Crippen LogP contribution is -2.31. The van der Waals surface area contributed by atoms with Crippen LogP contribution in [0.3, 0.4) is 0 Å². The van der Waals surface area contributed by atoms with E-state index >= 15 is 0 Å². The summed E-state index contributed by atoms with van der Waals surface area (Å²) < 4.78 is 5.58. The van der Waals surface area contributed by atoms with Gasteiger partial charge < -0.3 is 10.1 Å². The molecule has 0 radical (unpaired) electrons. The molecule has 18 heavy (non-hydrogen) atoms. The van der Waals surface area contributed by atoms with Crippen molar-refractivity contribution in [1.29, 1.82) is 0 Å². The second-order valence-electron chi connectivity index (χ2n) is 5.46. The second-order valence-corrected chi connectivity index (χ2v) is 7.31. The average molecular weight is 267 g/mol. The van der Waals surface area contributed by atoms with E-state index < -0.39 is 0 Å². The van der Waals surface area contributed by atoms with Crippen LogP contribution in [0.2, 0.25) is 0 Å². The summed E-state index contributed by atoms with van der Waals surface area (Å²) in [5, 5.41) is 3.40. The predicted octanol–water partition coefficient (Wildman–Crippen LogP) is 3.36. The van der Waals surface area contributed by atoms with Crippen molar-refractivity contribution >= 4 is 11.8 Å². The Balaban J connectivity index is 2.56. The molecule has 102 valence electrons. The molecule has 1 atom stereocenters. The summed E-state index contributed by atoms with van der Waals surface area (Å²) in [4.78, 5) is 0. The summed E-state index contributed by atoms with van der Waals surface area (Å²) in [5.41, 5.74) is 1.32. The lowest BCUT2D eigenvalue weighted by atomic mass is 10.1. The molecule has 1 N–H and O–H groups in total. The maximum Gasteiger partial charge on any atom is 0.119 e. The minimum absolute atomic E-state index is 0.323. The Labute approximate surface area is 116 Å². The second kappa shape index (κ2) is 7.05. The van der Waals surface area contributed by atoms with Crippen molar-refractivity contribution in [3.63, 3.8) is 0 Å². The molecule has 3 heteroatoms. The summed E-state index contributed by atoms with van der Waals surface area (Å²) in [6.45, 7) is 6.78. The molecule has 0 aliphatic carbocycles. The molecule has 0 saturated heterocycles. The fourth-order valence-electron chi connectivity index (χ4n) is 1.68. The lowest BCUT2D eigenvalue weighted by molar-refractivity contribution is 0.414. The number of nitrogens with one attached hydrogen (secondary N) is 1. The Hall–Kier alpha value is -0.670. The highest BCUT2D eigenvalue weighted by Gasteiger charge is 2.15. The van der Waals surface area contributed by atoms with Gasteiger partial charge in [0.25, 0.3) is 0 Å². The summed E-state index contributed by atoms with van der Waals surface area (Å²) in [5.74, 6) is 2.06. The zero-order valence-electron chi connectivity index (χ0n) is 12.1. The lowest BCUT2D eigenvalue weighted by Gasteiger charge is -2.23. The van der Waals surface area contributed by atoms with Gasteiger partial charge in [-0.05, 0) is 31.2 Å². The van der Waals surface area contributed by atoms with Crippen LogP contribution < -0.4 is 10.1 Å². The number of thioether (sulfide) groups is 1. The molecule has 0 aliphatic rings. The molecule has 2 nitrogen and oxygen atoms in total. The van der Waals surface area contributed by atoms with Gasteiger partial charge in [0, 0.05) is 16.5 Å². The third-order valence-electron chi connectivity index (χ3n) is 2.74.